The van der Waals surface area contributed by atoms with Gasteiger partial charge < -0.3 is 14.8 Å². The molecule has 1 saturated heterocycles. The number of amides is 1. The van der Waals surface area contributed by atoms with Crippen LogP contribution in [0.3, 0.4) is 0 Å². The van der Waals surface area contributed by atoms with Crippen molar-refractivity contribution >= 4 is 17.5 Å². The fraction of sp³-hybridized carbons (Fsp3) is 0.381. The van der Waals surface area contributed by atoms with Crippen LogP contribution in [0.4, 0.5) is 0 Å². The number of piperidine rings is 1. The smallest absolute Gasteiger partial charge is 0.255 e. The summed E-state index contributed by atoms with van der Waals surface area (Å²) in [7, 11) is 3.14. The average Bonchev–Trinajstić information content (AvgIpc) is 2.69. The number of hydrogen-bond acceptors (Lipinski definition) is 4. The van der Waals surface area contributed by atoms with Gasteiger partial charge >= 0.3 is 0 Å². The van der Waals surface area contributed by atoms with Crippen molar-refractivity contribution in [1.29, 1.82) is 0 Å². The van der Waals surface area contributed by atoms with Crippen molar-refractivity contribution < 1.29 is 14.3 Å². The number of benzene rings is 2. The zero-order valence-electron chi connectivity index (χ0n) is 15.7. The van der Waals surface area contributed by atoms with Crippen LogP contribution in [-0.4, -0.2) is 44.2 Å². The molecule has 0 unspecified atom stereocenters. The SMILES string of the molecule is COc1ccc(C(=O)N[C@@H]2CCCN(Cc3ccc(Cl)cc3)C2)c(OC)c1. The molecule has 27 heavy (non-hydrogen) atoms. The van der Waals surface area contributed by atoms with Gasteiger partial charge in [0.25, 0.3) is 5.91 Å². The van der Waals surface area contributed by atoms with Crippen LogP contribution in [0.2, 0.25) is 5.02 Å². The van der Waals surface area contributed by atoms with Crippen LogP contribution in [0.15, 0.2) is 42.5 Å². The Morgan fingerprint density at radius 3 is 2.67 bits per heavy atom. The number of hydrogen-bond donors (Lipinski definition) is 1. The quantitative estimate of drug-likeness (QED) is 0.818. The maximum atomic E-state index is 12.7. The van der Waals surface area contributed by atoms with E-state index in [0.717, 1.165) is 37.5 Å². The van der Waals surface area contributed by atoms with E-state index in [1.54, 1.807) is 32.4 Å². The Bertz CT molecular complexity index is 779. The third kappa shape index (κ3) is 5.15. The predicted octanol–water partition coefficient (Wildman–Crippen LogP) is 3.75. The second-order valence-electron chi connectivity index (χ2n) is 6.74. The van der Waals surface area contributed by atoms with Crippen molar-refractivity contribution in [1.82, 2.24) is 10.2 Å². The highest BCUT2D eigenvalue weighted by atomic mass is 35.5. The molecule has 0 aromatic heterocycles. The Balaban J connectivity index is 1.61. The summed E-state index contributed by atoms with van der Waals surface area (Å²) in [6.07, 6.45) is 2.03. The zero-order chi connectivity index (χ0) is 19.2. The van der Waals surface area contributed by atoms with E-state index in [1.807, 2.05) is 24.3 Å². The van der Waals surface area contributed by atoms with Gasteiger partial charge in [0, 0.05) is 30.2 Å². The summed E-state index contributed by atoms with van der Waals surface area (Å²) in [5, 5.41) is 3.90. The molecule has 0 aliphatic carbocycles. The number of methoxy groups -OCH3 is 2. The molecule has 1 heterocycles. The highest BCUT2D eigenvalue weighted by Crippen LogP contribution is 2.25. The first-order valence-electron chi connectivity index (χ1n) is 9.08. The number of halogens is 1. The Hall–Kier alpha value is -2.24. The van der Waals surface area contributed by atoms with E-state index in [2.05, 4.69) is 10.2 Å². The highest BCUT2D eigenvalue weighted by Gasteiger charge is 2.23. The second-order valence-corrected chi connectivity index (χ2v) is 7.18. The number of carbonyl (C=O) groups excluding carboxylic acids is 1. The van der Waals surface area contributed by atoms with Crippen molar-refractivity contribution in [2.24, 2.45) is 0 Å². The fourth-order valence-corrected chi connectivity index (χ4v) is 3.54. The third-order valence-electron chi connectivity index (χ3n) is 4.81. The van der Waals surface area contributed by atoms with Gasteiger partial charge in [-0.2, -0.15) is 0 Å². The number of nitrogens with one attached hydrogen (secondary N) is 1. The molecule has 2 aromatic carbocycles. The van der Waals surface area contributed by atoms with Crippen LogP contribution in [0.25, 0.3) is 0 Å². The summed E-state index contributed by atoms with van der Waals surface area (Å²) < 4.78 is 10.5. The van der Waals surface area contributed by atoms with Crippen molar-refractivity contribution in [3.8, 4) is 11.5 Å². The van der Waals surface area contributed by atoms with Gasteiger partial charge in [-0.25, -0.2) is 0 Å². The number of carbonyl (C=O) groups is 1. The summed E-state index contributed by atoms with van der Waals surface area (Å²) in [6, 6.07) is 13.3. The summed E-state index contributed by atoms with van der Waals surface area (Å²) in [5.74, 6) is 1.06. The topological polar surface area (TPSA) is 50.8 Å². The molecule has 2 aromatic rings. The van der Waals surface area contributed by atoms with Crippen LogP contribution in [0.5, 0.6) is 11.5 Å². The first kappa shape index (κ1) is 19.5. The van der Waals surface area contributed by atoms with Gasteiger partial charge in [0.1, 0.15) is 11.5 Å². The lowest BCUT2D eigenvalue weighted by Gasteiger charge is -2.33. The lowest BCUT2D eigenvalue weighted by atomic mass is 10.0. The first-order valence-corrected chi connectivity index (χ1v) is 9.46. The average molecular weight is 389 g/mol. The number of likely N-dealkylation sites (tertiary alicyclic amines) is 1. The van der Waals surface area contributed by atoms with Crippen LogP contribution in [0, 0.1) is 0 Å². The van der Waals surface area contributed by atoms with Crippen LogP contribution >= 0.6 is 11.6 Å². The number of ether oxygens (including phenoxy) is 2. The minimum atomic E-state index is -0.118. The minimum Gasteiger partial charge on any atom is -0.497 e. The Kier molecular flexibility index (Phi) is 6.58. The van der Waals surface area contributed by atoms with Gasteiger partial charge in [-0.3, -0.25) is 9.69 Å². The largest absolute Gasteiger partial charge is 0.497 e. The zero-order valence-corrected chi connectivity index (χ0v) is 16.5. The van der Waals surface area contributed by atoms with E-state index in [4.69, 9.17) is 21.1 Å². The molecule has 3 rings (SSSR count). The molecule has 0 radical (unpaired) electrons. The highest BCUT2D eigenvalue weighted by molar-refractivity contribution is 6.30. The molecule has 1 atom stereocenters. The Morgan fingerprint density at radius 2 is 1.96 bits per heavy atom. The van der Waals surface area contributed by atoms with Crippen LogP contribution in [-0.2, 0) is 6.54 Å². The maximum absolute atomic E-state index is 12.7. The second kappa shape index (κ2) is 9.11. The summed E-state index contributed by atoms with van der Waals surface area (Å²) >= 11 is 5.96. The summed E-state index contributed by atoms with van der Waals surface area (Å²) in [6.45, 7) is 2.71. The molecular weight excluding hydrogens is 364 g/mol. The normalized spacial score (nSPS) is 17.4. The van der Waals surface area contributed by atoms with Crippen molar-refractivity contribution in [3.63, 3.8) is 0 Å². The molecular formula is C21H25ClN2O3. The minimum absolute atomic E-state index is 0.116. The molecule has 1 fully saturated rings. The molecule has 0 saturated carbocycles. The predicted molar refractivity (Wildman–Crippen MR) is 107 cm³/mol. The van der Waals surface area contributed by atoms with Crippen molar-refractivity contribution in [3.05, 3.63) is 58.6 Å². The molecule has 6 heteroatoms. The van der Waals surface area contributed by atoms with Crippen LogP contribution in [0.1, 0.15) is 28.8 Å². The Labute approximate surface area is 165 Å². The molecule has 1 aliphatic heterocycles. The molecule has 0 bridgehead atoms. The lowest BCUT2D eigenvalue weighted by Crippen LogP contribution is -2.47. The van der Waals surface area contributed by atoms with Gasteiger partial charge in [-0.05, 0) is 49.2 Å². The molecule has 1 aliphatic rings. The molecule has 0 spiro atoms. The first-order chi connectivity index (χ1) is 13.1. The van der Waals surface area contributed by atoms with Gasteiger partial charge in [0.15, 0.2) is 0 Å². The monoisotopic (exact) mass is 388 g/mol. The van der Waals surface area contributed by atoms with E-state index in [1.165, 1.54) is 5.56 Å². The van der Waals surface area contributed by atoms with Crippen molar-refractivity contribution in [2.45, 2.75) is 25.4 Å². The fourth-order valence-electron chi connectivity index (χ4n) is 3.41. The van der Waals surface area contributed by atoms with E-state index < -0.39 is 0 Å². The summed E-state index contributed by atoms with van der Waals surface area (Å²) in [4.78, 5) is 15.1. The number of rotatable bonds is 6. The van der Waals surface area contributed by atoms with E-state index >= 15 is 0 Å². The lowest BCUT2D eigenvalue weighted by molar-refractivity contribution is 0.0897. The summed E-state index contributed by atoms with van der Waals surface area (Å²) in [5.41, 5.74) is 1.75. The van der Waals surface area contributed by atoms with Gasteiger partial charge in [0.2, 0.25) is 0 Å². The van der Waals surface area contributed by atoms with E-state index in [9.17, 15) is 4.79 Å². The number of nitrogens with zero attached hydrogens (tertiary/aromatic N) is 1. The standard InChI is InChI=1S/C21H25ClN2O3/c1-26-18-9-10-19(20(12-18)27-2)21(25)23-17-4-3-11-24(14-17)13-15-5-7-16(22)8-6-15/h5-10,12,17H,3-4,11,13-14H2,1-2H3,(H,23,25)/t17-/m1/s1. The molecule has 1 amide bonds. The van der Waals surface area contributed by atoms with Gasteiger partial charge in [0.05, 0.1) is 19.8 Å². The molecule has 1 N–H and O–H groups in total. The molecule has 144 valence electrons. The third-order valence-corrected chi connectivity index (χ3v) is 5.07. The van der Waals surface area contributed by atoms with Crippen molar-refractivity contribution in [2.75, 3.05) is 27.3 Å². The van der Waals surface area contributed by atoms with Crippen LogP contribution < -0.4 is 14.8 Å². The maximum Gasteiger partial charge on any atom is 0.255 e. The van der Waals surface area contributed by atoms with Gasteiger partial charge in [-0.15, -0.1) is 0 Å². The van der Waals surface area contributed by atoms with Gasteiger partial charge in [-0.1, -0.05) is 23.7 Å². The molecule has 5 nitrogen and oxygen atoms in total. The van der Waals surface area contributed by atoms with E-state index in [0.29, 0.717) is 17.1 Å². The Morgan fingerprint density at radius 1 is 1.19 bits per heavy atom. The van der Waals surface area contributed by atoms with E-state index in [-0.39, 0.29) is 11.9 Å².